The molecular weight excluding hydrogens is 280 g/mol. The minimum atomic E-state index is 0. The summed E-state index contributed by atoms with van der Waals surface area (Å²) < 4.78 is 5.28. The molecule has 1 aromatic rings. The second kappa shape index (κ2) is 9.55. The number of nitrogen functional groups attached to an aromatic ring is 1. The van der Waals surface area contributed by atoms with E-state index in [0.29, 0.717) is 6.61 Å². The molecule has 1 fully saturated rings. The van der Waals surface area contributed by atoms with Crippen molar-refractivity contribution in [2.75, 3.05) is 44.9 Å². The molecule has 0 atom stereocenters. The summed E-state index contributed by atoms with van der Waals surface area (Å²) >= 11 is 0. The van der Waals surface area contributed by atoms with E-state index < -0.39 is 0 Å². The molecule has 0 aromatic heterocycles. The van der Waals surface area contributed by atoms with Crippen molar-refractivity contribution in [1.29, 1.82) is 0 Å². The van der Waals surface area contributed by atoms with Crippen LogP contribution >= 0.6 is 12.4 Å². The Balaban J connectivity index is 0.00000200. The van der Waals surface area contributed by atoms with Gasteiger partial charge in [0.2, 0.25) is 0 Å². The molecule has 0 bridgehead atoms. The van der Waals surface area contributed by atoms with Crippen molar-refractivity contribution >= 4 is 24.3 Å². The first kappa shape index (κ1) is 16.7. The zero-order valence-electron chi connectivity index (χ0n) is 11.3. The number of nitrogens with one attached hydrogen (secondary N) is 1. The number of rotatable bonds is 6. The molecule has 1 aromatic carbocycles. The highest BCUT2D eigenvalue weighted by molar-refractivity contribution is 5.85. The average molecular weight is 301 g/mol. The summed E-state index contributed by atoms with van der Waals surface area (Å²) in [6, 6.07) is 7.61. The molecule has 2 rings (SSSR count). The molecule has 1 heterocycles. The van der Waals surface area contributed by atoms with E-state index >= 15 is 0 Å². The predicted molar refractivity (Wildman–Crippen MR) is 82.3 cm³/mol. The number of ether oxygens (including phenoxy) is 1. The zero-order chi connectivity index (χ0) is 13.3. The van der Waals surface area contributed by atoms with Crippen LogP contribution in [0.15, 0.2) is 29.4 Å². The fourth-order valence-corrected chi connectivity index (χ4v) is 1.81. The minimum Gasteiger partial charge on any atom is -0.394 e. The van der Waals surface area contributed by atoms with Gasteiger partial charge in [0.15, 0.2) is 0 Å². The number of hydrazine groups is 1. The molecule has 6 nitrogen and oxygen atoms in total. The van der Waals surface area contributed by atoms with Gasteiger partial charge in [0.05, 0.1) is 19.4 Å². The van der Waals surface area contributed by atoms with Crippen LogP contribution < -0.4 is 11.3 Å². The predicted octanol–water partition coefficient (Wildman–Crippen LogP) is 1.08. The van der Waals surface area contributed by atoms with Gasteiger partial charge in [-0.15, -0.1) is 12.4 Å². The molecule has 0 amide bonds. The second-order valence-corrected chi connectivity index (χ2v) is 4.29. The third-order valence-electron chi connectivity index (χ3n) is 2.96. The molecule has 0 spiro atoms. The first-order valence-electron chi connectivity index (χ1n) is 6.40. The molecule has 3 N–H and O–H groups in total. The van der Waals surface area contributed by atoms with Crippen LogP contribution in [0.3, 0.4) is 0 Å². The van der Waals surface area contributed by atoms with Crippen molar-refractivity contribution < 1.29 is 9.57 Å². The topological polar surface area (TPSA) is 72.1 Å². The molecule has 112 valence electrons. The van der Waals surface area contributed by atoms with Gasteiger partial charge in [0.1, 0.15) is 6.61 Å². The number of hydrogen-bond acceptors (Lipinski definition) is 6. The van der Waals surface area contributed by atoms with E-state index in [1.807, 2.05) is 24.3 Å². The largest absolute Gasteiger partial charge is 0.394 e. The number of benzene rings is 1. The summed E-state index contributed by atoms with van der Waals surface area (Å²) in [5.41, 5.74) is 4.42. The van der Waals surface area contributed by atoms with Gasteiger partial charge in [-0.2, -0.15) is 0 Å². The van der Waals surface area contributed by atoms with E-state index in [2.05, 4.69) is 15.5 Å². The Bertz CT molecular complexity index is 394. The van der Waals surface area contributed by atoms with Gasteiger partial charge in [-0.1, -0.05) is 17.3 Å². The molecule has 0 aliphatic carbocycles. The summed E-state index contributed by atoms with van der Waals surface area (Å²) in [7, 11) is 0. The van der Waals surface area contributed by atoms with Crippen LogP contribution in [0.1, 0.15) is 5.56 Å². The molecule has 1 aliphatic heterocycles. The number of nitrogens with zero attached hydrogens (tertiary/aromatic N) is 2. The van der Waals surface area contributed by atoms with Gasteiger partial charge >= 0.3 is 0 Å². The van der Waals surface area contributed by atoms with Crippen molar-refractivity contribution in [2.24, 2.45) is 11.0 Å². The van der Waals surface area contributed by atoms with Gasteiger partial charge < -0.3 is 15.0 Å². The maximum atomic E-state index is 5.29. The quantitative estimate of drug-likeness (QED) is 0.356. The number of halogens is 1. The lowest BCUT2D eigenvalue weighted by Crippen LogP contribution is -2.38. The third-order valence-corrected chi connectivity index (χ3v) is 2.96. The highest BCUT2D eigenvalue weighted by atomic mass is 35.5. The Morgan fingerprint density at radius 1 is 1.30 bits per heavy atom. The molecule has 0 saturated carbocycles. The summed E-state index contributed by atoms with van der Waals surface area (Å²) in [5, 5.41) is 3.95. The normalized spacial score (nSPS) is 15.8. The Morgan fingerprint density at radius 2 is 2.00 bits per heavy atom. The molecule has 20 heavy (non-hydrogen) atoms. The van der Waals surface area contributed by atoms with E-state index in [0.717, 1.165) is 44.1 Å². The van der Waals surface area contributed by atoms with E-state index in [4.69, 9.17) is 15.4 Å². The second-order valence-electron chi connectivity index (χ2n) is 4.29. The molecular formula is C13H21ClN4O2. The smallest absolute Gasteiger partial charge is 0.129 e. The molecule has 0 radical (unpaired) electrons. The molecule has 0 unspecified atom stereocenters. The molecule has 7 heteroatoms. The minimum absolute atomic E-state index is 0. The lowest BCUT2D eigenvalue weighted by molar-refractivity contribution is 0.0214. The van der Waals surface area contributed by atoms with Crippen LogP contribution in [0.4, 0.5) is 5.69 Å². The average Bonchev–Trinajstić information content (AvgIpc) is 2.49. The maximum absolute atomic E-state index is 5.29. The number of oxime groups is 1. The summed E-state index contributed by atoms with van der Waals surface area (Å²) in [6.45, 7) is 5.05. The first-order valence-corrected chi connectivity index (χ1v) is 6.40. The summed E-state index contributed by atoms with van der Waals surface area (Å²) in [5.74, 6) is 5.29. The van der Waals surface area contributed by atoms with Crippen LogP contribution in [-0.4, -0.2) is 50.6 Å². The highest BCUT2D eigenvalue weighted by Gasteiger charge is 2.09. The number of morpholine rings is 1. The van der Waals surface area contributed by atoms with Gasteiger partial charge in [0, 0.05) is 25.3 Å². The van der Waals surface area contributed by atoms with Crippen LogP contribution in [0, 0.1) is 0 Å². The van der Waals surface area contributed by atoms with Crippen LogP contribution in [0.25, 0.3) is 0 Å². The standard InChI is InChI=1S/C13H20N4O2.ClH/c14-16-13-3-1-12(2-4-13)11-15-19-10-7-17-5-8-18-9-6-17;/h1-4,11,16H,5-10,14H2;1H. The SMILES string of the molecule is Cl.NNc1ccc(C=NOCCN2CCOCC2)cc1. The third kappa shape index (κ3) is 5.75. The van der Waals surface area contributed by atoms with Crippen molar-refractivity contribution in [3.8, 4) is 0 Å². The van der Waals surface area contributed by atoms with E-state index in [-0.39, 0.29) is 12.4 Å². The van der Waals surface area contributed by atoms with Crippen molar-refractivity contribution in [3.05, 3.63) is 29.8 Å². The van der Waals surface area contributed by atoms with Gasteiger partial charge in [-0.25, -0.2) is 0 Å². The summed E-state index contributed by atoms with van der Waals surface area (Å²) in [4.78, 5) is 7.55. The Morgan fingerprint density at radius 3 is 2.65 bits per heavy atom. The number of anilines is 1. The Hall–Kier alpha value is -1.34. The summed E-state index contributed by atoms with van der Waals surface area (Å²) in [6.07, 6.45) is 1.69. The fraction of sp³-hybridized carbons (Fsp3) is 0.462. The number of hydrogen-bond donors (Lipinski definition) is 2. The monoisotopic (exact) mass is 300 g/mol. The van der Waals surface area contributed by atoms with Crippen LogP contribution in [0.2, 0.25) is 0 Å². The highest BCUT2D eigenvalue weighted by Crippen LogP contribution is 2.06. The van der Waals surface area contributed by atoms with E-state index in [9.17, 15) is 0 Å². The zero-order valence-corrected chi connectivity index (χ0v) is 12.1. The number of nitrogens with two attached hydrogens (primary N) is 1. The van der Waals surface area contributed by atoms with Gasteiger partial charge in [-0.05, 0) is 17.7 Å². The van der Waals surface area contributed by atoms with Gasteiger partial charge in [0.25, 0.3) is 0 Å². The van der Waals surface area contributed by atoms with Crippen LogP contribution in [0.5, 0.6) is 0 Å². The first-order chi connectivity index (χ1) is 9.38. The Labute approximate surface area is 125 Å². The van der Waals surface area contributed by atoms with Crippen molar-refractivity contribution in [2.45, 2.75) is 0 Å². The van der Waals surface area contributed by atoms with Crippen molar-refractivity contribution in [1.82, 2.24) is 4.90 Å². The fourth-order valence-electron chi connectivity index (χ4n) is 1.81. The van der Waals surface area contributed by atoms with Gasteiger partial charge in [-0.3, -0.25) is 10.7 Å². The maximum Gasteiger partial charge on any atom is 0.129 e. The van der Waals surface area contributed by atoms with Crippen LogP contribution in [-0.2, 0) is 9.57 Å². The molecule has 1 aliphatic rings. The van der Waals surface area contributed by atoms with E-state index in [1.54, 1.807) is 6.21 Å². The molecule has 1 saturated heterocycles. The Kier molecular flexibility index (Phi) is 7.98. The lowest BCUT2D eigenvalue weighted by atomic mass is 10.2. The van der Waals surface area contributed by atoms with Crippen molar-refractivity contribution in [3.63, 3.8) is 0 Å². The van der Waals surface area contributed by atoms with E-state index in [1.165, 1.54) is 0 Å². The lowest BCUT2D eigenvalue weighted by Gasteiger charge is -2.25.